The molecule has 3 rings (SSSR count). The number of hydrogen-bond acceptors (Lipinski definition) is 4. The number of imide groups is 1. The molecule has 0 spiro atoms. The highest BCUT2D eigenvalue weighted by Gasteiger charge is 2.46. The van der Waals surface area contributed by atoms with Gasteiger partial charge in [-0.15, -0.1) is 0 Å². The number of nitrogens with one attached hydrogen (secondary N) is 2. The highest BCUT2D eigenvalue weighted by atomic mass is 16.2. The van der Waals surface area contributed by atoms with Crippen LogP contribution in [0, 0.1) is 5.92 Å². The summed E-state index contributed by atoms with van der Waals surface area (Å²) >= 11 is 0. The Kier molecular flexibility index (Phi) is 3.62. The number of imidazole rings is 1. The van der Waals surface area contributed by atoms with E-state index >= 15 is 0 Å². The van der Waals surface area contributed by atoms with Gasteiger partial charge in [0.15, 0.2) is 0 Å². The first-order valence-electron chi connectivity index (χ1n) is 7.70. The lowest BCUT2D eigenvalue weighted by Gasteiger charge is -2.28. The van der Waals surface area contributed by atoms with Crippen LogP contribution in [-0.2, 0) is 16.6 Å². The monoisotopic (exact) mass is 319 g/mol. The molecular formula is C15H21N5O3. The molecule has 8 heteroatoms. The van der Waals surface area contributed by atoms with E-state index in [-0.39, 0.29) is 18.5 Å². The summed E-state index contributed by atoms with van der Waals surface area (Å²) in [6, 6.07) is -0.693. The highest BCUT2D eigenvalue weighted by Crippen LogP contribution is 2.40. The molecule has 0 radical (unpaired) electrons. The van der Waals surface area contributed by atoms with E-state index in [9.17, 15) is 14.4 Å². The molecular weight excluding hydrogens is 298 g/mol. The second-order valence-electron chi connectivity index (χ2n) is 6.68. The number of nitrogens with zero attached hydrogens (tertiary/aromatic N) is 3. The van der Waals surface area contributed by atoms with Crippen molar-refractivity contribution in [2.75, 3.05) is 6.54 Å². The smallest absolute Gasteiger partial charge is 0.325 e. The average molecular weight is 319 g/mol. The van der Waals surface area contributed by atoms with Gasteiger partial charge in [-0.1, -0.05) is 0 Å². The van der Waals surface area contributed by atoms with E-state index in [1.165, 1.54) is 4.90 Å². The number of hydrogen-bond donors (Lipinski definition) is 2. The first kappa shape index (κ1) is 15.5. The molecule has 1 aliphatic heterocycles. The third kappa shape index (κ3) is 2.80. The molecule has 1 unspecified atom stereocenters. The quantitative estimate of drug-likeness (QED) is 0.764. The lowest BCUT2D eigenvalue weighted by Crippen LogP contribution is -2.49. The van der Waals surface area contributed by atoms with Gasteiger partial charge in [0.05, 0.1) is 6.04 Å². The molecule has 1 aromatic heterocycles. The highest BCUT2D eigenvalue weighted by molar-refractivity contribution is 6.07. The third-order valence-corrected chi connectivity index (χ3v) is 4.54. The molecule has 23 heavy (non-hydrogen) atoms. The third-order valence-electron chi connectivity index (χ3n) is 4.54. The predicted octanol–water partition coefficient (Wildman–Crippen LogP) is 0.318. The molecule has 0 bridgehead atoms. The van der Waals surface area contributed by atoms with E-state index in [0.717, 1.165) is 18.7 Å². The molecule has 1 atom stereocenters. The minimum absolute atomic E-state index is 0.155. The first-order chi connectivity index (χ1) is 10.8. The number of amides is 4. The summed E-state index contributed by atoms with van der Waals surface area (Å²) in [6.45, 7) is 3.09. The molecule has 2 aliphatic rings. The number of carbonyl (C=O) groups excluding carboxylic acids is 3. The number of aryl methyl sites for hydroxylation is 1. The Morgan fingerprint density at radius 2 is 2.17 bits per heavy atom. The fourth-order valence-electron chi connectivity index (χ4n) is 2.83. The molecule has 124 valence electrons. The fraction of sp³-hybridized carbons (Fsp3) is 0.600. The van der Waals surface area contributed by atoms with Gasteiger partial charge in [0, 0.05) is 19.4 Å². The summed E-state index contributed by atoms with van der Waals surface area (Å²) in [5.41, 5.74) is -1.02. The van der Waals surface area contributed by atoms with Crippen LogP contribution in [0.15, 0.2) is 12.4 Å². The van der Waals surface area contributed by atoms with Gasteiger partial charge in [-0.2, -0.15) is 0 Å². The van der Waals surface area contributed by atoms with Crippen molar-refractivity contribution in [3.05, 3.63) is 18.2 Å². The Labute approximate surface area is 134 Å². The van der Waals surface area contributed by atoms with E-state index in [2.05, 4.69) is 15.6 Å². The molecule has 2 N–H and O–H groups in total. The zero-order chi connectivity index (χ0) is 16.8. The number of urea groups is 1. The largest absolute Gasteiger partial charge is 0.344 e. The Morgan fingerprint density at radius 1 is 1.48 bits per heavy atom. The van der Waals surface area contributed by atoms with E-state index in [0.29, 0.717) is 5.92 Å². The second-order valence-corrected chi connectivity index (χ2v) is 6.68. The number of aromatic nitrogens is 2. The molecule has 1 saturated heterocycles. The maximum atomic E-state index is 12.4. The molecule has 1 aliphatic carbocycles. The first-order valence-corrected chi connectivity index (χ1v) is 7.70. The van der Waals surface area contributed by atoms with Crippen LogP contribution in [0.2, 0.25) is 0 Å². The van der Waals surface area contributed by atoms with Crippen LogP contribution in [0.25, 0.3) is 0 Å². The summed E-state index contributed by atoms with van der Waals surface area (Å²) < 4.78 is 1.89. The van der Waals surface area contributed by atoms with Gasteiger partial charge in [0.25, 0.3) is 5.91 Å². The van der Waals surface area contributed by atoms with E-state index in [4.69, 9.17) is 0 Å². The maximum Gasteiger partial charge on any atom is 0.325 e. The molecule has 2 fully saturated rings. The van der Waals surface area contributed by atoms with Gasteiger partial charge in [0.2, 0.25) is 5.91 Å². The van der Waals surface area contributed by atoms with Crippen LogP contribution in [0.1, 0.15) is 38.6 Å². The van der Waals surface area contributed by atoms with Crippen molar-refractivity contribution in [1.29, 1.82) is 0 Å². The molecule has 1 saturated carbocycles. The second kappa shape index (κ2) is 5.36. The van der Waals surface area contributed by atoms with Gasteiger partial charge in [-0.3, -0.25) is 14.9 Å². The van der Waals surface area contributed by atoms with Gasteiger partial charge >= 0.3 is 6.03 Å². The van der Waals surface area contributed by atoms with Crippen LogP contribution in [-0.4, -0.2) is 44.4 Å². The summed E-state index contributed by atoms with van der Waals surface area (Å²) in [6.07, 6.45) is 5.64. The van der Waals surface area contributed by atoms with Crippen LogP contribution in [0.3, 0.4) is 0 Å². The minimum Gasteiger partial charge on any atom is -0.344 e. The maximum absolute atomic E-state index is 12.4. The molecule has 8 nitrogen and oxygen atoms in total. The molecule has 4 amide bonds. The lowest BCUT2D eigenvalue weighted by atomic mass is 10.0. The molecule has 1 aromatic rings. The normalized spacial score (nSPS) is 21.3. The van der Waals surface area contributed by atoms with Crippen LogP contribution in [0.4, 0.5) is 4.79 Å². The Bertz CT molecular complexity index is 662. The van der Waals surface area contributed by atoms with Crippen molar-refractivity contribution in [1.82, 2.24) is 25.1 Å². The van der Waals surface area contributed by atoms with Crippen molar-refractivity contribution in [3.8, 4) is 0 Å². The SMILES string of the molecule is Cn1ccnc1C(NC(=O)CN1C(=O)NC(=O)C1(C)C)C1CC1. The summed E-state index contributed by atoms with van der Waals surface area (Å²) in [5, 5.41) is 5.21. The fourth-order valence-corrected chi connectivity index (χ4v) is 2.83. The average Bonchev–Trinajstić information content (AvgIpc) is 3.19. The predicted molar refractivity (Wildman–Crippen MR) is 81.1 cm³/mol. The van der Waals surface area contributed by atoms with Crippen molar-refractivity contribution < 1.29 is 14.4 Å². The zero-order valence-corrected chi connectivity index (χ0v) is 13.5. The van der Waals surface area contributed by atoms with Crippen molar-refractivity contribution in [2.45, 2.75) is 38.3 Å². The minimum atomic E-state index is -1.02. The van der Waals surface area contributed by atoms with Gasteiger partial charge in [-0.05, 0) is 32.6 Å². The van der Waals surface area contributed by atoms with Gasteiger partial charge in [0.1, 0.15) is 17.9 Å². The molecule has 2 heterocycles. The van der Waals surface area contributed by atoms with Gasteiger partial charge < -0.3 is 14.8 Å². The summed E-state index contributed by atoms with van der Waals surface area (Å²) in [4.78, 5) is 41.6. The summed E-state index contributed by atoms with van der Waals surface area (Å²) in [7, 11) is 1.89. The van der Waals surface area contributed by atoms with Gasteiger partial charge in [-0.25, -0.2) is 9.78 Å². The van der Waals surface area contributed by atoms with Crippen molar-refractivity contribution >= 4 is 17.8 Å². The molecule has 0 aromatic carbocycles. The Hall–Kier alpha value is -2.38. The number of rotatable bonds is 5. The Morgan fingerprint density at radius 3 is 2.65 bits per heavy atom. The Balaban J connectivity index is 1.70. The van der Waals surface area contributed by atoms with E-state index < -0.39 is 17.5 Å². The van der Waals surface area contributed by atoms with Crippen LogP contribution < -0.4 is 10.6 Å². The number of carbonyl (C=O) groups is 3. The van der Waals surface area contributed by atoms with Crippen LogP contribution >= 0.6 is 0 Å². The van der Waals surface area contributed by atoms with E-state index in [1.807, 2.05) is 17.8 Å². The topological polar surface area (TPSA) is 96.3 Å². The van der Waals surface area contributed by atoms with Crippen molar-refractivity contribution in [2.24, 2.45) is 13.0 Å². The standard InChI is InChI=1S/C15H21N5O3/c1-15(2)13(22)18-14(23)20(15)8-10(21)17-11(9-4-5-9)12-16-6-7-19(12)3/h6-7,9,11H,4-5,8H2,1-3H3,(H,17,21)(H,18,22,23). The summed E-state index contributed by atoms with van der Waals surface area (Å²) in [5.74, 6) is 0.505. The van der Waals surface area contributed by atoms with E-state index in [1.54, 1.807) is 20.0 Å². The van der Waals surface area contributed by atoms with Crippen LogP contribution in [0.5, 0.6) is 0 Å². The van der Waals surface area contributed by atoms with Crippen molar-refractivity contribution in [3.63, 3.8) is 0 Å². The lowest BCUT2D eigenvalue weighted by molar-refractivity contribution is -0.127. The zero-order valence-electron chi connectivity index (χ0n) is 13.5.